The first-order valence-corrected chi connectivity index (χ1v) is 10.9. The minimum atomic E-state index is -3.97. The Hall–Kier alpha value is 0.750. The maximum Gasteiger partial charge on any atom is 1.00 e. The smallest absolute Gasteiger partial charge is 0.851 e. The summed E-state index contributed by atoms with van der Waals surface area (Å²) in [5.41, 5.74) is 2.11. The number of benzene rings is 2. The van der Waals surface area contributed by atoms with Crippen LogP contribution in [0.3, 0.4) is 0 Å². The molecule has 0 spiro atoms. The fourth-order valence-corrected chi connectivity index (χ4v) is 2.96. The van der Waals surface area contributed by atoms with Crippen LogP contribution in [0.5, 0.6) is 0 Å². The molecule has 0 aliphatic heterocycles. The standard InChI is InChI=1S/C10H14O.C7H7O.C2H5BrO3S.2Na/c1-2-8-11-9-10-6-4-3-5-7-10;8-6-7-4-2-1-3-5-7;3-1-2-7(4,5)6;;/h3-7H,2,8-9H2,1H3;1-5H,6H2;1-2H2,(H,4,5,6);;/q;-1;;2*+1/p-1. The van der Waals surface area contributed by atoms with E-state index in [0.717, 1.165) is 25.2 Å². The van der Waals surface area contributed by atoms with Crippen LogP contribution in [0.4, 0.5) is 0 Å². The van der Waals surface area contributed by atoms with Crippen molar-refractivity contribution in [2.75, 3.05) is 17.7 Å². The molecule has 0 fully saturated rings. The molecule has 0 unspecified atom stereocenters. The van der Waals surface area contributed by atoms with E-state index in [1.807, 2.05) is 48.5 Å². The molecule has 0 heterocycles. The van der Waals surface area contributed by atoms with E-state index in [9.17, 15) is 18.1 Å². The molecule has 28 heavy (non-hydrogen) atoms. The van der Waals surface area contributed by atoms with Crippen molar-refractivity contribution in [3.63, 3.8) is 0 Å². The van der Waals surface area contributed by atoms with Gasteiger partial charge in [-0.15, -0.1) is 6.61 Å². The van der Waals surface area contributed by atoms with Crippen molar-refractivity contribution in [2.24, 2.45) is 0 Å². The van der Waals surface area contributed by atoms with Crippen LogP contribution in [-0.2, 0) is 28.1 Å². The van der Waals surface area contributed by atoms with Crippen molar-refractivity contribution in [1.82, 2.24) is 0 Å². The molecular weight excluding hydrogens is 466 g/mol. The predicted octanol–water partition coefficient (Wildman–Crippen LogP) is -2.91. The number of alkyl halides is 1. The Kier molecular flexibility index (Phi) is 26.8. The van der Waals surface area contributed by atoms with Crippen LogP contribution in [0.15, 0.2) is 60.7 Å². The molecule has 0 bridgehead atoms. The van der Waals surface area contributed by atoms with Gasteiger partial charge in [0.25, 0.3) is 0 Å². The molecule has 0 saturated carbocycles. The van der Waals surface area contributed by atoms with Gasteiger partial charge in [0.05, 0.1) is 16.7 Å². The van der Waals surface area contributed by atoms with Gasteiger partial charge in [-0.2, -0.15) is 0 Å². The second-order valence-corrected chi connectivity index (χ2v) is 7.44. The normalized spacial score (nSPS) is 9.43. The monoisotopic (exact) mass is 490 g/mol. The van der Waals surface area contributed by atoms with Gasteiger partial charge in [0, 0.05) is 17.7 Å². The van der Waals surface area contributed by atoms with Gasteiger partial charge in [0.1, 0.15) is 0 Å². The van der Waals surface area contributed by atoms with E-state index in [2.05, 4.69) is 35.0 Å². The van der Waals surface area contributed by atoms with Crippen LogP contribution in [0.2, 0.25) is 0 Å². The second kappa shape index (κ2) is 22.4. The molecule has 146 valence electrons. The summed E-state index contributed by atoms with van der Waals surface area (Å²) in [4.78, 5) is 0. The van der Waals surface area contributed by atoms with E-state index in [4.69, 9.17) is 4.74 Å². The van der Waals surface area contributed by atoms with Crippen molar-refractivity contribution in [3.8, 4) is 0 Å². The fraction of sp³-hybridized carbons (Fsp3) is 0.368. The van der Waals surface area contributed by atoms with Crippen LogP contribution in [-0.4, -0.2) is 30.7 Å². The Balaban J connectivity index is -0.000000333. The van der Waals surface area contributed by atoms with E-state index in [1.54, 1.807) is 0 Å². The minimum Gasteiger partial charge on any atom is -0.851 e. The van der Waals surface area contributed by atoms with Crippen molar-refractivity contribution in [3.05, 3.63) is 71.8 Å². The third-order valence-electron chi connectivity index (χ3n) is 2.80. The van der Waals surface area contributed by atoms with Gasteiger partial charge in [-0.25, -0.2) is 8.42 Å². The molecule has 0 aromatic heterocycles. The van der Waals surface area contributed by atoms with Crippen molar-refractivity contribution >= 4 is 26.0 Å². The molecular formula is C19H25BrNa2O5S. The van der Waals surface area contributed by atoms with Crippen molar-refractivity contribution < 1.29 is 81.9 Å². The van der Waals surface area contributed by atoms with Crippen LogP contribution >= 0.6 is 15.9 Å². The van der Waals surface area contributed by atoms with Gasteiger partial charge >= 0.3 is 59.1 Å². The van der Waals surface area contributed by atoms with Gasteiger partial charge in [-0.05, 0) is 12.0 Å². The number of hydrogen-bond donors (Lipinski definition) is 0. The van der Waals surface area contributed by atoms with Crippen LogP contribution in [0.25, 0.3) is 0 Å². The molecule has 0 aliphatic carbocycles. The number of hydrogen-bond acceptors (Lipinski definition) is 5. The number of rotatable bonds is 7. The summed E-state index contributed by atoms with van der Waals surface area (Å²) in [6.45, 7) is 3.61. The van der Waals surface area contributed by atoms with E-state index in [-0.39, 0.29) is 76.8 Å². The quantitative estimate of drug-likeness (QED) is 0.180. The maximum absolute atomic E-state index is 10.1. The molecule has 2 aromatic carbocycles. The Bertz CT molecular complexity index is 659. The molecule has 2 rings (SSSR count). The maximum atomic E-state index is 10.1. The zero-order chi connectivity index (χ0) is 19.7. The average molecular weight is 491 g/mol. The van der Waals surface area contributed by atoms with E-state index in [0.29, 0.717) is 0 Å². The van der Waals surface area contributed by atoms with Crippen molar-refractivity contribution in [2.45, 2.75) is 26.6 Å². The van der Waals surface area contributed by atoms with E-state index in [1.165, 1.54) is 5.56 Å². The average Bonchev–Trinajstić information content (AvgIpc) is 2.64. The molecule has 9 heteroatoms. The van der Waals surface area contributed by atoms with Gasteiger partial charge in [-0.1, -0.05) is 89.1 Å². The number of ether oxygens (including phenoxy) is 1. The van der Waals surface area contributed by atoms with Crippen LogP contribution < -0.4 is 64.2 Å². The summed E-state index contributed by atoms with van der Waals surface area (Å²) in [5.74, 6) is -0.326. The van der Waals surface area contributed by atoms with E-state index >= 15 is 0 Å². The van der Waals surface area contributed by atoms with Gasteiger partial charge in [0.15, 0.2) is 0 Å². The molecule has 0 atom stereocenters. The molecule has 0 radical (unpaired) electrons. The van der Waals surface area contributed by atoms with Gasteiger partial charge in [-0.3, -0.25) is 0 Å². The second-order valence-electron chi connectivity index (χ2n) is 5.12. The molecule has 0 aliphatic rings. The third kappa shape index (κ3) is 23.0. The zero-order valence-corrected chi connectivity index (χ0v) is 23.2. The van der Waals surface area contributed by atoms with Crippen LogP contribution in [0.1, 0.15) is 24.5 Å². The third-order valence-corrected chi connectivity index (χ3v) is 4.42. The fourth-order valence-electron chi connectivity index (χ4n) is 1.58. The summed E-state index contributed by atoms with van der Waals surface area (Å²) >= 11 is 2.81. The first-order valence-electron chi connectivity index (χ1n) is 8.16. The molecule has 0 saturated heterocycles. The van der Waals surface area contributed by atoms with Gasteiger partial charge in [0.2, 0.25) is 0 Å². The Morgan fingerprint density at radius 2 is 1.39 bits per heavy atom. The largest absolute Gasteiger partial charge is 1.00 e. The topological polar surface area (TPSA) is 89.5 Å². The summed E-state index contributed by atoms with van der Waals surface area (Å²) in [5, 5.41) is 10.4. The molecule has 0 amide bonds. The van der Waals surface area contributed by atoms with E-state index < -0.39 is 10.1 Å². The minimum absolute atomic E-state index is 0. The summed E-state index contributed by atoms with van der Waals surface area (Å²) in [6.07, 6.45) is 1.09. The predicted molar refractivity (Wildman–Crippen MR) is 105 cm³/mol. The summed E-state index contributed by atoms with van der Waals surface area (Å²) < 4.78 is 34.3. The number of halogens is 1. The molecule has 0 N–H and O–H groups in total. The first-order chi connectivity index (χ1) is 12.4. The van der Waals surface area contributed by atoms with Gasteiger partial charge < -0.3 is 14.4 Å². The Labute approximate surface area is 221 Å². The Morgan fingerprint density at radius 1 is 0.929 bits per heavy atom. The van der Waals surface area contributed by atoms with Crippen molar-refractivity contribution in [1.29, 1.82) is 0 Å². The molecule has 2 aromatic rings. The first kappa shape index (κ1) is 33.4. The Morgan fingerprint density at radius 3 is 1.68 bits per heavy atom. The molecule has 5 nitrogen and oxygen atoms in total. The zero-order valence-electron chi connectivity index (χ0n) is 16.8. The van der Waals surface area contributed by atoms with Crippen LogP contribution in [0, 0.1) is 0 Å². The summed E-state index contributed by atoms with van der Waals surface area (Å²) in [6, 6.07) is 19.5. The SMILES string of the molecule is CCCOCc1ccccc1.O=S(=O)([O-])CCBr.[Na+].[Na+].[O-]Cc1ccccc1. The summed E-state index contributed by atoms with van der Waals surface area (Å²) in [7, 11) is -3.97.